The van der Waals surface area contributed by atoms with E-state index >= 15 is 0 Å². The van der Waals surface area contributed by atoms with Crippen molar-refractivity contribution in [3.05, 3.63) is 69.9 Å². The molecule has 0 saturated carbocycles. The molecule has 2 atom stereocenters. The zero-order chi connectivity index (χ0) is 17.8. The first-order valence-corrected chi connectivity index (χ1v) is 8.32. The largest absolute Gasteiger partial charge is 0.379 e. The minimum Gasteiger partial charge on any atom is -0.379 e. The van der Waals surface area contributed by atoms with Crippen molar-refractivity contribution in [3.63, 3.8) is 0 Å². The zero-order valence-electron chi connectivity index (χ0n) is 14.1. The van der Waals surface area contributed by atoms with Gasteiger partial charge in [-0.3, -0.25) is 9.59 Å². The number of nitrogens with one attached hydrogen (secondary N) is 1. The fourth-order valence-electron chi connectivity index (χ4n) is 3.32. The molecule has 1 saturated heterocycles. The molecule has 0 radical (unpaired) electrons. The van der Waals surface area contributed by atoms with Gasteiger partial charge in [-0.1, -0.05) is 18.2 Å². The molecule has 1 amide bonds. The number of rotatable bonds is 4. The van der Waals surface area contributed by atoms with Gasteiger partial charge in [0.25, 0.3) is 5.91 Å². The molecule has 1 aliphatic rings. The number of hydrogen-bond acceptors (Lipinski definition) is 3. The molecule has 0 unspecified atom stereocenters. The van der Waals surface area contributed by atoms with E-state index in [1.54, 1.807) is 24.1 Å². The highest BCUT2D eigenvalue weighted by molar-refractivity contribution is 5.93. The summed E-state index contributed by atoms with van der Waals surface area (Å²) in [7, 11) is 1.62. The first-order valence-electron chi connectivity index (χ1n) is 8.32. The monoisotopic (exact) mass is 344 g/mol. The van der Waals surface area contributed by atoms with Crippen LogP contribution in [-0.2, 0) is 11.2 Å². The van der Waals surface area contributed by atoms with Gasteiger partial charge in [-0.15, -0.1) is 0 Å². The number of hydrogen-bond donors (Lipinski definition) is 1. The molecule has 6 heteroatoms. The van der Waals surface area contributed by atoms with Crippen molar-refractivity contribution in [1.82, 2.24) is 9.88 Å². The summed E-state index contributed by atoms with van der Waals surface area (Å²) in [6, 6.07) is 9.62. The number of ether oxygens (including phenoxy) is 1. The summed E-state index contributed by atoms with van der Waals surface area (Å²) < 4.78 is 19.5. The topological polar surface area (TPSA) is 62.4 Å². The third kappa shape index (κ3) is 3.96. The maximum absolute atomic E-state index is 13.9. The van der Waals surface area contributed by atoms with Gasteiger partial charge in [0.15, 0.2) is 0 Å². The van der Waals surface area contributed by atoms with Crippen LogP contribution in [0.1, 0.15) is 22.3 Å². The normalized spacial score (nSPS) is 20.5. The number of nitrogens with zero attached hydrogens (tertiary/aromatic N) is 1. The molecule has 25 heavy (non-hydrogen) atoms. The number of halogens is 1. The summed E-state index contributed by atoms with van der Waals surface area (Å²) in [6.07, 6.45) is 2.60. The van der Waals surface area contributed by atoms with Crippen LogP contribution in [-0.4, -0.2) is 42.1 Å². The molecule has 0 spiro atoms. The van der Waals surface area contributed by atoms with E-state index in [0.717, 1.165) is 6.42 Å². The number of likely N-dealkylation sites (tertiary alicyclic amines) is 1. The highest BCUT2D eigenvalue weighted by Gasteiger charge is 2.32. The first kappa shape index (κ1) is 17.4. The van der Waals surface area contributed by atoms with E-state index in [9.17, 15) is 14.0 Å². The molecule has 132 valence electrons. The second-order valence-corrected chi connectivity index (χ2v) is 6.31. The van der Waals surface area contributed by atoms with Crippen molar-refractivity contribution >= 4 is 5.91 Å². The quantitative estimate of drug-likeness (QED) is 0.925. The third-order valence-electron chi connectivity index (χ3n) is 4.76. The maximum atomic E-state index is 13.9. The number of aromatic amines is 1. The molecule has 2 heterocycles. The van der Waals surface area contributed by atoms with Crippen LogP contribution < -0.4 is 5.56 Å². The minimum atomic E-state index is -0.241. The van der Waals surface area contributed by atoms with Crippen LogP contribution in [0.15, 0.2) is 47.4 Å². The zero-order valence-corrected chi connectivity index (χ0v) is 14.1. The summed E-state index contributed by atoms with van der Waals surface area (Å²) >= 11 is 0. The third-order valence-corrected chi connectivity index (χ3v) is 4.76. The summed E-state index contributed by atoms with van der Waals surface area (Å²) in [6.45, 7) is 1.03. The number of aromatic nitrogens is 1. The molecule has 1 aromatic carbocycles. The smallest absolute Gasteiger partial charge is 0.255 e. The Morgan fingerprint density at radius 1 is 1.32 bits per heavy atom. The maximum Gasteiger partial charge on any atom is 0.255 e. The van der Waals surface area contributed by atoms with Gasteiger partial charge in [0.2, 0.25) is 5.56 Å². The van der Waals surface area contributed by atoms with Crippen LogP contribution in [0, 0.1) is 11.7 Å². The van der Waals surface area contributed by atoms with Crippen molar-refractivity contribution in [1.29, 1.82) is 0 Å². The number of H-pyrrole nitrogens is 1. The van der Waals surface area contributed by atoms with Crippen molar-refractivity contribution in [2.24, 2.45) is 5.92 Å². The van der Waals surface area contributed by atoms with Gasteiger partial charge in [0, 0.05) is 32.5 Å². The predicted molar refractivity (Wildman–Crippen MR) is 92.0 cm³/mol. The average Bonchev–Trinajstić information content (AvgIpc) is 2.64. The lowest BCUT2D eigenvalue weighted by molar-refractivity contribution is -0.00719. The van der Waals surface area contributed by atoms with Gasteiger partial charge in [-0.05, 0) is 36.5 Å². The number of carbonyl (C=O) groups is 1. The van der Waals surface area contributed by atoms with E-state index in [2.05, 4.69) is 4.98 Å². The molecule has 2 aromatic rings. The van der Waals surface area contributed by atoms with E-state index in [0.29, 0.717) is 30.6 Å². The number of benzene rings is 1. The fourth-order valence-corrected chi connectivity index (χ4v) is 3.32. The highest BCUT2D eigenvalue weighted by Crippen LogP contribution is 2.26. The molecule has 3 rings (SSSR count). The first-order chi connectivity index (χ1) is 12.1. The van der Waals surface area contributed by atoms with Crippen LogP contribution in [0.3, 0.4) is 0 Å². The Morgan fingerprint density at radius 3 is 2.80 bits per heavy atom. The lowest BCUT2D eigenvalue weighted by Crippen LogP contribution is -2.48. The van der Waals surface area contributed by atoms with Gasteiger partial charge >= 0.3 is 0 Å². The van der Waals surface area contributed by atoms with Gasteiger partial charge in [0.1, 0.15) is 5.82 Å². The highest BCUT2D eigenvalue weighted by atomic mass is 19.1. The Balaban J connectivity index is 1.69. The van der Waals surface area contributed by atoms with Gasteiger partial charge < -0.3 is 14.6 Å². The van der Waals surface area contributed by atoms with Crippen molar-refractivity contribution in [2.75, 3.05) is 20.2 Å². The van der Waals surface area contributed by atoms with Gasteiger partial charge in [0.05, 0.1) is 11.7 Å². The van der Waals surface area contributed by atoms with Crippen molar-refractivity contribution < 1.29 is 13.9 Å². The van der Waals surface area contributed by atoms with Crippen LogP contribution in [0.5, 0.6) is 0 Å². The van der Waals surface area contributed by atoms with Crippen LogP contribution in [0.25, 0.3) is 0 Å². The SMILES string of the molecule is CO[C@H]1CN(C(=O)c2ccc(=O)[nH]c2)CC[C@@H]1Cc1ccccc1F. The summed E-state index contributed by atoms with van der Waals surface area (Å²) in [5.74, 6) is -0.187. The minimum absolute atomic E-state index is 0.136. The standard InChI is InChI=1S/C19H21FN2O3/c1-25-17-12-22(19(24)15-6-7-18(23)21-11-15)9-8-14(17)10-13-4-2-3-5-16(13)20/h2-7,11,14,17H,8-10,12H2,1H3,(H,21,23)/t14-,17+/m1/s1. The van der Waals surface area contributed by atoms with E-state index < -0.39 is 0 Å². The predicted octanol–water partition coefficient (Wildman–Crippen LogP) is 2.23. The second-order valence-electron chi connectivity index (χ2n) is 6.31. The van der Waals surface area contributed by atoms with Crippen LogP contribution in [0.4, 0.5) is 4.39 Å². The van der Waals surface area contributed by atoms with Crippen LogP contribution >= 0.6 is 0 Å². The fraction of sp³-hybridized carbons (Fsp3) is 0.368. The Morgan fingerprint density at radius 2 is 2.12 bits per heavy atom. The van der Waals surface area contributed by atoms with E-state index in [-0.39, 0.29) is 29.3 Å². The number of amides is 1. The molecule has 1 aromatic heterocycles. The lowest BCUT2D eigenvalue weighted by atomic mass is 9.87. The number of piperidine rings is 1. The number of pyridine rings is 1. The van der Waals surface area contributed by atoms with Crippen molar-refractivity contribution in [2.45, 2.75) is 18.9 Å². The van der Waals surface area contributed by atoms with E-state index in [4.69, 9.17) is 4.74 Å². The van der Waals surface area contributed by atoms with E-state index in [1.807, 2.05) is 6.07 Å². The molecular weight excluding hydrogens is 323 g/mol. The molecule has 5 nitrogen and oxygen atoms in total. The summed E-state index contributed by atoms with van der Waals surface area (Å²) in [5, 5.41) is 0. The number of methoxy groups -OCH3 is 1. The van der Waals surface area contributed by atoms with Gasteiger partial charge in [-0.2, -0.15) is 0 Å². The summed E-state index contributed by atoms with van der Waals surface area (Å²) in [5.41, 5.74) is 0.881. The lowest BCUT2D eigenvalue weighted by Gasteiger charge is -2.38. The molecule has 1 aliphatic heterocycles. The Kier molecular flexibility index (Phi) is 5.28. The molecule has 0 aliphatic carbocycles. The Hall–Kier alpha value is -2.47. The molecule has 1 fully saturated rings. The molecular formula is C19H21FN2O3. The summed E-state index contributed by atoms with van der Waals surface area (Å²) in [4.78, 5) is 28.0. The Labute approximate surface area is 145 Å². The Bertz CT molecular complexity index is 785. The average molecular weight is 344 g/mol. The molecule has 1 N–H and O–H groups in total. The number of carbonyl (C=O) groups excluding carboxylic acids is 1. The second kappa shape index (κ2) is 7.61. The van der Waals surface area contributed by atoms with E-state index in [1.165, 1.54) is 24.4 Å². The molecule has 0 bridgehead atoms. The van der Waals surface area contributed by atoms with Gasteiger partial charge in [-0.25, -0.2) is 4.39 Å². The van der Waals surface area contributed by atoms with Crippen molar-refractivity contribution in [3.8, 4) is 0 Å². The van der Waals surface area contributed by atoms with Crippen LogP contribution in [0.2, 0.25) is 0 Å².